The van der Waals surface area contributed by atoms with Crippen LogP contribution in [0.4, 0.5) is 0 Å². The van der Waals surface area contributed by atoms with Gasteiger partial charge in [0.25, 0.3) is 0 Å². The van der Waals surface area contributed by atoms with E-state index in [-0.39, 0.29) is 5.92 Å². The molecule has 0 saturated heterocycles. The van der Waals surface area contributed by atoms with Gasteiger partial charge in [-0.05, 0) is 25.5 Å². The quantitative estimate of drug-likeness (QED) is 0.832. The Morgan fingerprint density at radius 3 is 2.90 bits per heavy atom. The molecule has 0 amide bonds. The summed E-state index contributed by atoms with van der Waals surface area (Å²) in [5.74, 6) is 0.125. The summed E-state index contributed by atoms with van der Waals surface area (Å²) in [5.41, 5.74) is 0.981. The van der Waals surface area contributed by atoms with Crippen LogP contribution in [0.1, 0.15) is 31.1 Å². The third-order valence-corrected chi connectivity index (χ3v) is 4.96. The van der Waals surface area contributed by atoms with E-state index >= 15 is 0 Å². The van der Waals surface area contributed by atoms with Crippen molar-refractivity contribution in [2.45, 2.75) is 26.2 Å². The Labute approximate surface area is 133 Å². The molecule has 0 aliphatic heterocycles. The summed E-state index contributed by atoms with van der Waals surface area (Å²) in [6, 6.07) is 3.88. The molecule has 0 aliphatic rings. The van der Waals surface area contributed by atoms with E-state index in [0.717, 1.165) is 33.4 Å². The number of nitrogens with one attached hydrogen (secondary N) is 1. The molecule has 0 aliphatic carbocycles. The summed E-state index contributed by atoms with van der Waals surface area (Å²) in [6.45, 7) is 4.96. The molecule has 2 aromatic rings. The van der Waals surface area contributed by atoms with Crippen LogP contribution in [0.5, 0.6) is 0 Å². The second-order valence-corrected chi connectivity index (χ2v) is 6.10. The van der Waals surface area contributed by atoms with Crippen LogP contribution in [0.2, 0.25) is 5.15 Å². The molecule has 2 rings (SSSR count). The minimum absolute atomic E-state index is 0.125. The van der Waals surface area contributed by atoms with E-state index in [0.29, 0.717) is 5.15 Å². The number of halogens is 1. The van der Waals surface area contributed by atoms with Crippen LogP contribution >= 0.6 is 35.2 Å². The van der Waals surface area contributed by atoms with Gasteiger partial charge in [0, 0.05) is 30.4 Å². The van der Waals surface area contributed by atoms with E-state index in [1.165, 1.54) is 0 Å². The number of hydrogen-bond acceptors (Lipinski definition) is 4. The second kappa shape index (κ2) is 7.11. The van der Waals surface area contributed by atoms with Crippen molar-refractivity contribution < 1.29 is 0 Å². The minimum Gasteiger partial charge on any atom is -0.379 e. The fourth-order valence-electron chi connectivity index (χ4n) is 1.93. The van der Waals surface area contributed by atoms with Crippen LogP contribution in [0.25, 0.3) is 10.6 Å². The van der Waals surface area contributed by atoms with Crippen molar-refractivity contribution >= 4 is 40.1 Å². The molecule has 0 saturated carbocycles. The van der Waals surface area contributed by atoms with Crippen molar-refractivity contribution in [3.8, 4) is 10.6 Å². The van der Waals surface area contributed by atoms with Crippen molar-refractivity contribution in [1.29, 1.82) is 0 Å². The number of thiazole rings is 1. The zero-order valence-electron chi connectivity index (χ0n) is 11.4. The highest BCUT2D eigenvalue weighted by atomic mass is 35.5. The molecule has 106 valence electrons. The maximum Gasteiger partial charge on any atom is 0.144 e. The van der Waals surface area contributed by atoms with Crippen molar-refractivity contribution in [3.05, 3.63) is 34.6 Å². The third-order valence-electron chi connectivity index (χ3n) is 2.91. The normalized spacial score (nSPS) is 12.2. The van der Waals surface area contributed by atoms with E-state index in [2.05, 4.69) is 22.2 Å². The molecule has 0 radical (unpaired) electrons. The van der Waals surface area contributed by atoms with Gasteiger partial charge in [-0.3, -0.25) is 4.98 Å². The molecule has 2 heterocycles. The number of likely N-dealkylation sites (N-methyl/N-ethyl adjacent to an activating group) is 1. The molecule has 1 N–H and O–H groups in total. The van der Waals surface area contributed by atoms with Gasteiger partial charge in [-0.1, -0.05) is 30.7 Å². The number of rotatable bonds is 5. The lowest BCUT2D eigenvalue weighted by atomic mass is 10.1. The molecule has 2 aromatic heterocycles. The third kappa shape index (κ3) is 3.34. The molecule has 0 fully saturated rings. The van der Waals surface area contributed by atoms with Gasteiger partial charge in [0.15, 0.2) is 0 Å². The van der Waals surface area contributed by atoms with E-state index in [9.17, 15) is 0 Å². The average molecular weight is 326 g/mol. The summed E-state index contributed by atoms with van der Waals surface area (Å²) in [5, 5.41) is 4.64. The van der Waals surface area contributed by atoms with Crippen LogP contribution in [-0.4, -0.2) is 21.5 Å². The molecular weight excluding hydrogens is 310 g/mol. The van der Waals surface area contributed by atoms with Crippen LogP contribution < -0.4 is 5.32 Å². The lowest BCUT2D eigenvalue weighted by Gasteiger charge is -2.15. The summed E-state index contributed by atoms with van der Waals surface area (Å²) in [4.78, 5) is 10.4. The fourth-order valence-corrected chi connectivity index (χ4v) is 3.95. The van der Waals surface area contributed by atoms with Crippen molar-refractivity contribution in [1.82, 2.24) is 15.3 Å². The first-order valence-corrected chi connectivity index (χ1v) is 8.12. The molecular formula is C14H16ClN3S2. The first-order chi connectivity index (χ1) is 9.67. The Morgan fingerprint density at radius 1 is 1.50 bits per heavy atom. The number of hydrogen-bond donors (Lipinski definition) is 1. The van der Waals surface area contributed by atoms with Gasteiger partial charge in [-0.15, -0.1) is 11.3 Å². The highest BCUT2D eigenvalue weighted by molar-refractivity contribution is 7.80. The summed E-state index contributed by atoms with van der Waals surface area (Å²) in [7, 11) is 0. The number of thiocarbonyl (C=S) groups is 1. The standard InChI is InChI=1S/C14H16ClN3S2/c1-3-10(13(19)17-4-2)11-12(15)18-14(20-11)9-6-5-7-16-8-9/h5-8,10H,3-4H2,1-2H3,(H,17,19). The smallest absolute Gasteiger partial charge is 0.144 e. The molecule has 0 bridgehead atoms. The first-order valence-electron chi connectivity index (χ1n) is 6.51. The molecule has 6 heteroatoms. The Bertz CT molecular complexity index is 583. The Balaban J connectivity index is 2.33. The van der Waals surface area contributed by atoms with Crippen LogP contribution in [0.3, 0.4) is 0 Å². The van der Waals surface area contributed by atoms with Gasteiger partial charge >= 0.3 is 0 Å². The maximum absolute atomic E-state index is 6.30. The summed E-state index contributed by atoms with van der Waals surface area (Å²) >= 11 is 13.3. The zero-order valence-corrected chi connectivity index (χ0v) is 13.8. The summed E-state index contributed by atoms with van der Waals surface area (Å²) in [6.07, 6.45) is 4.44. The number of nitrogens with zero attached hydrogens (tertiary/aromatic N) is 2. The molecule has 0 aromatic carbocycles. The van der Waals surface area contributed by atoms with Gasteiger partial charge in [-0.2, -0.15) is 0 Å². The maximum atomic E-state index is 6.30. The predicted octanol–water partition coefficient (Wildman–Crippen LogP) is 4.29. The number of aromatic nitrogens is 2. The minimum atomic E-state index is 0.125. The van der Waals surface area contributed by atoms with Gasteiger partial charge < -0.3 is 5.32 Å². The van der Waals surface area contributed by atoms with Crippen molar-refractivity contribution in [2.24, 2.45) is 0 Å². The van der Waals surface area contributed by atoms with Gasteiger partial charge in [0.1, 0.15) is 10.2 Å². The molecule has 3 nitrogen and oxygen atoms in total. The molecule has 20 heavy (non-hydrogen) atoms. The lowest BCUT2D eigenvalue weighted by Crippen LogP contribution is -2.26. The molecule has 0 spiro atoms. The van der Waals surface area contributed by atoms with Gasteiger partial charge in [0.05, 0.1) is 9.87 Å². The molecule has 1 atom stereocenters. The Hall–Kier alpha value is -1.04. The summed E-state index contributed by atoms with van der Waals surface area (Å²) < 4.78 is 0. The van der Waals surface area contributed by atoms with Gasteiger partial charge in [-0.25, -0.2) is 4.98 Å². The van der Waals surface area contributed by atoms with E-state index in [1.807, 2.05) is 19.1 Å². The average Bonchev–Trinajstić information content (AvgIpc) is 2.83. The first kappa shape index (κ1) is 15.4. The topological polar surface area (TPSA) is 37.8 Å². The van der Waals surface area contributed by atoms with E-state index < -0.39 is 0 Å². The van der Waals surface area contributed by atoms with E-state index in [1.54, 1.807) is 23.7 Å². The lowest BCUT2D eigenvalue weighted by molar-refractivity contribution is 0.819. The largest absolute Gasteiger partial charge is 0.379 e. The van der Waals surface area contributed by atoms with Crippen LogP contribution in [0.15, 0.2) is 24.5 Å². The molecule has 1 unspecified atom stereocenters. The second-order valence-electron chi connectivity index (χ2n) is 4.27. The van der Waals surface area contributed by atoms with E-state index in [4.69, 9.17) is 23.8 Å². The zero-order chi connectivity index (χ0) is 14.5. The Morgan fingerprint density at radius 2 is 2.30 bits per heavy atom. The van der Waals surface area contributed by atoms with Crippen LogP contribution in [-0.2, 0) is 0 Å². The monoisotopic (exact) mass is 325 g/mol. The Kier molecular flexibility index (Phi) is 5.46. The fraction of sp³-hybridized carbons (Fsp3) is 0.357. The SMILES string of the molecule is CCNC(=S)C(CC)c1sc(-c2cccnc2)nc1Cl. The van der Waals surface area contributed by atoms with Crippen LogP contribution in [0, 0.1) is 0 Å². The highest BCUT2D eigenvalue weighted by Crippen LogP contribution is 2.37. The van der Waals surface area contributed by atoms with Crippen molar-refractivity contribution in [2.75, 3.05) is 6.54 Å². The van der Waals surface area contributed by atoms with Gasteiger partial charge in [0.2, 0.25) is 0 Å². The highest BCUT2D eigenvalue weighted by Gasteiger charge is 2.22. The van der Waals surface area contributed by atoms with Crippen molar-refractivity contribution in [3.63, 3.8) is 0 Å². The number of pyridine rings is 1. The predicted molar refractivity (Wildman–Crippen MR) is 89.7 cm³/mol.